The number of ketones is 1. The topological polar surface area (TPSA) is 84.6 Å². The van der Waals surface area contributed by atoms with Crippen LogP contribution in [0.15, 0.2) is 0 Å². The van der Waals surface area contributed by atoms with Gasteiger partial charge in [0.15, 0.2) is 0 Å². The van der Waals surface area contributed by atoms with Crippen LogP contribution in [0.5, 0.6) is 0 Å². The summed E-state index contributed by atoms with van der Waals surface area (Å²) in [7, 11) is 0. The zero-order chi connectivity index (χ0) is 18.7. The Balaban J connectivity index is 1.79. The maximum Gasteiger partial charge on any atom is 0.237 e. The van der Waals surface area contributed by atoms with Crippen molar-refractivity contribution in [2.75, 3.05) is 26.2 Å². The highest BCUT2D eigenvalue weighted by atomic mass is 16.3. The van der Waals surface area contributed by atoms with Gasteiger partial charge in [-0.1, -0.05) is 19.3 Å². The number of carbonyl (C=O) groups is 2. The van der Waals surface area contributed by atoms with Crippen LogP contribution in [0.25, 0.3) is 0 Å². The van der Waals surface area contributed by atoms with Gasteiger partial charge in [-0.05, 0) is 50.9 Å². The molecule has 1 amide bonds. The molecule has 144 valence electrons. The molecule has 2 aliphatic carbocycles. The fraction of sp³-hybridized carbons (Fsp3) is 0.850. The molecule has 6 nitrogen and oxygen atoms in total. The molecule has 3 fully saturated rings. The van der Waals surface area contributed by atoms with Gasteiger partial charge in [0.2, 0.25) is 5.91 Å². The number of fused-ring (bicyclic) bond motifs is 2. The summed E-state index contributed by atoms with van der Waals surface area (Å²) >= 11 is 0. The largest absolute Gasteiger partial charge is 0.394 e. The Labute approximate surface area is 156 Å². The first-order valence-electron chi connectivity index (χ1n) is 10.0. The molecule has 0 aromatic heterocycles. The summed E-state index contributed by atoms with van der Waals surface area (Å²) in [6.45, 7) is 2.46. The van der Waals surface area contributed by atoms with E-state index in [2.05, 4.69) is 6.07 Å². The van der Waals surface area contributed by atoms with Crippen LogP contribution < -0.4 is 0 Å². The first kappa shape index (κ1) is 19.3. The Hall–Kier alpha value is -1.45. The number of likely N-dealkylation sites (tertiary alicyclic amines) is 1. The van der Waals surface area contributed by atoms with Crippen molar-refractivity contribution in [3.63, 3.8) is 0 Å². The second-order valence-corrected chi connectivity index (χ2v) is 8.62. The van der Waals surface area contributed by atoms with E-state index in [9.17, 15) is 20.0 Å². The van der Waals surface area contributed by atoms with Crippen molar-refractivity contribution >= 4 is 11.7 Å². The lowest BCUT2D eigenvalue weighted by Crippen LogP contribution is -2.60. The van der Waals surface area contributed by atoms with Gasteiger partial charge in [0.05, 0.1) is 25.8 Å². The number of carbonyl (C=O) groups excluding carboxylic acids is 2. The van der Waals surface area contributed by atoms with E-state index in [1.807, 2.05) is 4.90 Å². The standard InChI is InChI=1S/C20H31N3O3/c1-15(25)12-22(13-19(26)23-7-3-6-18(23)11-21)20(14-24)9-16-4-2-5-17(8-16)10-20/h16-18,24H,2-10,12-14H2,1H3/t16?,17?,18-,20?/m0/s1. The molecule has 1 aliphatic heterocycles. The lowest BCUT2D eigenvalue weighted by Gasteiger charge is -2.51. The summed E-state index contributed by atoms with van der Waals surface area (Å²) in [5.74, 6) is 1.09. The van der Waals surface area contributed by atoms with E-state index in [1.54, 1.807) is 11.8 Å². The van der Waals surface area contributed by atoms with Crippen molar-refractivity contribution in [1.82, 2.24) is 9.80 Å². The third-order valence-corrected chi connectivity index (χ3v) is 6.66. The van der Waals surface area contributed by atoms with Crippen LogP contribution in [0.3, 0.4) is 0 Å². The number of hydrogen-bond acceptors (Lipinski definition) is 5. The first-order chi connectivity index (χ1) is 12.5. The van der Waals surface area contributed by atoms with Gasteiger partial charge in [-0.2, -0.15) is 5.26 Å². The van der Waals surface area contributed by atoms with E-state index in [-0.39, 0.29) is 37.4 Å². The van der Waals surface area contributed by atoms with E-state index < -0.39 is 5.54 Å². The van der Waals surface area contributed by atoms with Crippen molar-refractivity contribution in [2.24, 2.45) is 11.8 Å². The Morgan fingerprint density at radius 1 is 1.19 bits per heavy atom. The number of nitrogens with zero attached hydrogens (tertiary/aromatic N) is 3. The average Bonchev–Trinajstić information content (AvgIpc) is 3.09. The Morgan fingerprint density at radius 2 is 1.88 bits per heavy atom. The molecule has 0 aromatic carbocycles. The quantitative estimate of drug-likeness (QED) is 0.779. The SMILES string of the molecule is CC(=O)CN(CC(=O)N1CCC[C@H]1C#N)C1(CO)CC2CCCC(C2)C1. The van der Waals surface area contributed by atoms with E-state index in [4.69, 9.17) is 0 Å². The number of nitriles is 1. The van der Waals surface area contributed by atoms with Crippen LogP contribution in [-0.4, -0.2) is 64.4 Å². The van der Waals surface area contributed by atoms with Crippen LogP contribution in [-0.2, 0) is 9.59 Å². The molecular weight excluding hydrogens is 330 g/mol. The monoisotopic (exact) mass is 361 g/mol. The molecule has 2 bridgehead atoms. The summed E-state index contributed by atoms with van der Waals surface area (Å²) in [5, 5.41) is 19.6. The predicted molar refractivity (Wildman–Crippen MR) is 97.1 cm³/mol. The van der Waals surface area contributed by atoms with Gasteiger partial charge < -0.3 is 10.0 Å². The van der Waals surface area contributed by atoms with Crippen molar-refractivity contribution in [3.05, 3.63) is 0 Å². The lowest BCUT2D eigenvalue weighted by molar-refractivity contribution is -0.138. The number of hydrogen-bond donors (Lipinski definition) is 1. The van der Waals surface area contributed by atoms with Crippen LogP contribution >= 0.6 is 0 Å². The Morgan fingerprint density at radius 3 is 2.46 bits per heavy atom. The molecule has 2 unspecified atom stereocenters. The highest BCUT2D eigenvalue weighted by Crippen LogP contribution is 2.46. The predicted octanol–water partition coefficient (Wildman–Crippen LogP) is 1.72. The van der Waals surface area contributed by atoms with Gasteiger partial charge in [0.25, 0.3) is 0 Å². The number of aliphatic hydroxyl groups is 1. The van der Waals surface area contributed by atoms with Crippen LogP contribution in [0.1, 0.15) is 58.3 Å². The molecule has 0 aromatic rings. The van der Waals surface area contributed by atoms with E-state index >= 15 is 0 Å². The lowest BCUT2D eigenvalue weighted by atomic mass is 9.64. The van der Waals surface area contributed by atoms with Gasteiger partial charge in [0, 0.05) is 12.1 Å². The van der Waals surface area contributed by atoms with Crippen LogP contribution in [0.2, 0.25) is 0 Å². The van der Waals surface area contributed by atoms with Gasteiger partial charge >= 0.3 is 0 Å². The zero-order valence-corrected chi connectivity index (χ0v) is 15.8. The van der Waals surface area contributed by atoms with Gasteiger partial charge in [-0.3, -0.25) is 14.5 Å². The highest BCUT2D eigenvalue weighted by molar-refractivity contribution is 5.81. The molecule has 0 spiro atoms. The molecular formula is C20H31N3O3. The summed E-state index contributed by atoms with van der Waals surface area (Å²) < 4.78 is 0. The Bertz CT molecular complexity index is 573. The molecule has 1 heterocycles. The first-order valence-corrected chi connectivity index (χ1v) is 10.0. The summed E-state index contributed by atoms with van der Waals surface area (Å²) in [4.78, 5) is 28.4. The summed E-state index contributed by atoms with van der Waals surface area (Å²) in [6.07, 6.45) is 8.14. The van der Waals surface area contributed by atoms with Crippen molar-refractivity contribution in [3.8, 4) is 6.07 Å². The number of rotatable bonds is 6. The highest BCUT2D eigenvalue weighted by Gasteiger charge is 2.46. The minimum atomic E-state index is -0.475. The van der Waals surface area contributed by atoms with E-state index in [1.165, 1.54) is 25.7 Å². The van der Waals surface area contributed by atoms with Gasteiger partial charge in [-0.15, -0.1) is 0 Å². The molecule has 1 saturated heterocycles. The summed E-state index contributed by atoms with van der Waals surface area (Å²) in [5.41, 5.74) is -0.475. The fourth-order valence-electron chi connectivity index (χ4n) is 5.53. The van der Waals surface area contributed by atoms with Gasteiger partial charge in [0.1, 0.15) is 11.8 Å². The number of amides is 1. The van der Waals surface area contributed by atoms with Crippen molar-refractivity contribution in [1.29, 1.82) is 5.26 Å². The Kier molecular flexibility index (Phi) is 5.99. The number of aliphatic hydroxyl groups excluding tert-OH is 1. The van der Waals surface area contributed by atoms with Crippen LogP contribution in [0, 0.1) is 23.2 Å². The molecule has 26 heavy (non-hydrogen) atoms. The van der Waals surface area contributed by atoms with E-state index in [0.717, 1.165) is 25.7 Å². The third-order valence-electron chi connectivity index (χ3n) is 6.66. The number of Topliss-reactive ketones (excluding diaryl/α,β-unsaturated/α-hetero) is 1. The summed E-state index contributed by atoms with van der Waals surface area (Å²) in [6, 6.07) is 1.87. The second-order valence-electron chi connectivity index (χ2n) is 8.62. The molecule has 3 atom stereocenters. The molecule has 1 N–H and O–H groups in total. The molecule has 3 aliphatic rings. The smallest absolute Gasteiger partial charge is 0.237 e. The van der Waals surface area contributed by atoms with Crippen molar-refractivity contribution < 1.29 is 14.7 Å². The minimum absolute atomic E-state index is 0.0117. The minimum Gasteiger partial charge on any atom is -0.394 e. The second kappa shape index (κ2) is 8.06. The molecule has 6 heteroatoms. The van der Waals surface area contributed by atoms with E-state index in [0.29, 0.717) is 18.4 Å². The zero-order valence-electron chi connectivity index (χ0n) is 15.8. The maximum atomic E-state index is 12.9. The molecule has 3 rings (SSSR count). The fourth-order valence-corrected chi connectivity index (χ4v) is 5.53. The average molecular weight is 361 g/mol. The normalized spacial score (nSPS) is 33.9. The molecule has 2 saturated carbocycles. The van der Waals surface area contributed by atoms with Crippen molar-refractivity contribution in [2.45, 2.75) is 69.9 Å². The molecule has 0 radical (unpaired) electrons. The van der Waals surface area contributed by atoms with Crippen LogP contribution in [0.4, 0.5) is 0 Å². The van der Waals surface area contributed by atoms with Gasteiger partial charge in [-0.25, -0.2) is 0 Å². The maximum absolute atomic E-state index is 12.9. The third kappa shape index (κ3) is 3.94.